The largest absolute Gasteiger partial charge is 0.357 e. The molecule has 2 heterocycles. The van der Waals surface area contributed by atoms with E-state index in [2.05, 4.69) is 9.88 Å². The van der Waals surface area contributed by atoms with Crippen molar-refractivity contribution in [3.05, 3.63) is 23.9 Å². The minimum atomic E-state index is 0.0498. The van der Waals surface area contributed by atoms with Gasteiger partial charge in [0, 0.05) is 30.8 Å². The zero-order chi connectivity index (χ0) is 11.5. The summed E-state index contributed by atoms with van der Waals surface area (Å²) >= 11 is 0. The third kappa shape index (κ3) is 2.23. The molecule has 1 fully saturated rings. The van der Waals surface area contributed by atoms with Crippen molar-refractivity contribution >= 4 is 11.6 Å². The summed E-state index contributed by atoms with van der Waals surface area (Å²) in [7, 11) is 0. The predicted octanol–water partition coefficient (Wildman–Crippen LogP) is 2.52. The molecule has 0 atom stereocenters. The Kier molecular flexibility index (Phi) is 3.22. The van der Waals surface area contributed by atoms with E-state index in [0.717, 1.165) is 24.5 Å². The number of nitrogens with zero attached hydrogens (tertiary/aromatic N) is 2. The van der Waals surface area contributed by atoms with Crippen LogP contribution in [-0.4, -0.2) is 23.9 Å². The fourth-order valence-corrected chi connectivity index (χ4v) is 2.02. The van der Waals surface area contributed by atoms with E-state index in [1.165, 1.54) is 12.8 Å². The van der Waals surface area contributed by atoms with Crippen molar-refractivity contribution in [2.45, 2.75) is 26.7 Å². The molecule has 86 valence electrons. The summed E-state index contributed by atoms with van der Waals surface area (Å²) in [6.45, 7) is 5.98. The van der Waals surface area contributed by atoms with Gasteiger partial charge in [-0.1, -0.05) is 13.8 Å². The first-order chi connectivity index (χ1) is 7.68. The first-order valence-corrected chi connectivity index (χ1v) is 5.93. The molecular formula is C13H18N2O. The summed E-state index contributed by atoms with van der Waals surface area (Å²) in [5.74, 6) is 1.20. The van der Waals surface area contributed by atoms with Crippen LogP contribution in [0.25, 0.3) is 0 Å². The maximum Gasteiger partial charge on any atom is 0.165 e. The van der Waals surface area contributed by atoms with Crippen molar-refractivity contribution < 1.29 is 4.79 Å². The van der Waals surface area contributed by atoms with Gasteiger partial charge >= 0.3 is 0 Å². The molecule has 2 rings (SSSR count). The molecule has 0 radical (unpaired) electrons. The molecule has 0 bridgehead atoms. The van der Waals surface area contributed by atoms with E-state index in [1.54, 1.807) is 6.20 Å². The quantitative estimate of drug-likeness (QED) is 0.731. The summed E-state index contributed by atoms with van der Waals surface area (Å²) in [5.41, 5.74) is 0.784. The molecule has 1 aliphatic rings. The van der Waals surface area contributed by atoms with E-state index >= 15 is 0 Å². The molecule has 0 aromatic carbocycles. The maximum absolute atomic E-state index is 11.9. The van der Waals surface area contributed by atoms with E-state index in [4.69, 9.17) is 0 Å². The maximum atomic E-state index is 11.9. The minimum Gasteiger partial charge on any atom is -0.357 e. The molecular weight excluding hydrogens is 200 g/mol. The summed E-state index contributed by atoms with van der Waals surface area (Å²) in [6, 6.07) is 3.73. The van der Waals surface area contributed by atoms with Crippen LogP contribution in [0.5, 0.6) is 0 Å². The lowest BCUT2D eigenvalue weighted by molar-refractivity contribution is 0.0939. The number of rotatable bonds is 3. The normalized spacial score (nSPS) is 15.8. The van der Waals surface area contributed by atoms with Crippen molar-refractivity contribution in [3.8, 4) is 0 Å². The number of hydrogen-bond donors (Lipinski definition) is 0. The number of aromatic nitrogens is 1. The number of carbonyl (C=O) groups excluding carboxylic acids is 1. The van der Waals surface area contributed by atoms with Gasteiger partial charge in [0.05, 0.1) is 0 Å². The average Bonchev–Trinajstić information content (AvgIpc) is 2.81. The van der Waals surface area contributed by atoms with Crippen LogP contribution in [0.2, 0.25) is 0 Å². The van der Waals surface area contributed by atoms with Crippen LogP contribution in [0.1, 0.15) is 37.0 Å². The summed E-state index contributed by atoms with van der Waals surface area (Å²) in [5, 5.41) is 0. The van der Waals surface area contributed by atoms with E-state index in [0.29, 0.717) is 0 Å². The molecule has 1 saturated heterocycles. The molecule has 0 saturated carbocycles. The Morgan fingerprint density at radius 3 is 2.69 bits per heavy atom. The van der Waals surface area contributed by atoms with Crippen molar-refractivity contribution in [2.75, 3.05) is 18.0 Å². The third-order valence-electron chi connectivity index (χ3n) is 2.98. The first-order valence-electron chi connectivity index (χ1n) is 5.93. The van der Waals surface area contributed by atoms with Crippen molar-refractivity contribution in [1.82, 2.24) is 4.98 Å². The minimum absolute atomic E-state index is 0.0498. The van der Waals surface area contributed by atoms with Crippen molar-refractivity contribution in [2.24, 2.45) is 5.92 Å². The zero-order valence-corrected chi connectivity index (χ0v) is 9.94. The number of hydrogen-bond acceptors (Lipinski definition) is 3. The molecule has 0 aliphatic carbocycles. The highest BCUT2D eigenvalue weighted by Gasteiger charge is 2.16. The second kappa shape index (κ2) is 4.64. The highest BCUT2D eigenvalue weighted by Crippen LogP contribution is 2.19. The number of carbonyl (C=O) groups is 1. The Morgan fingerprint density at radius 2 is 2.06 bits per heavy atom. The van der Waals surface area contributed by atoms with Crippen LogP contribution in [0.15, 0.2) is 18.3 Å². The van der Waals surface area contributed by atoms with Crippen LogP contribution in [-0.2, 0) is 0 Å². The van der Waals surface area contributed by atoms with E-state index in [-0.39, 0.29) is 11.7 Å². The van der Waals surface area contributed by atoms with Gasteiger partial charge in [-0.3, -0.25) is 4.79 Å². The summed E-state index contributed by atoms with van der Waals surface area (Å²) < 4.78 is 0. The zero-order valence-electron chi connectivity index (χ0n) is 9.94. The molecule has 3 heteroatoms. The molecule has 16 heavy (non-hydrogen) atoms. The Hall–Kier alpha value is -1.38. The molecule has 0 spiro atoms. The molecule has 0 unspecified atom stereocenters. The van der Waals surface area contributed by atoms with Gasteiger partial charge in [0.15, 0.2) is 5.78 Å². The van der Waals surface area contributed by atoms with Gasteiger partial charge in [-0.2, -0.15) is 0 Å². The number of ketones is 1. The highest BCUT2D eigenvalue weighted by molar-refractivity contribution is 5.97. The van der Waals surface area contributed by atoms with Gasteiger partial charge in [0.2, 0.25) is 0 Å². The van der Waals surface area contributed by atoms with E-state index in [1.807, 2.05) is 26.0 Å². The lowest BCUT2D eigenvalue weighted by atomic mass is 10.0. The Bertz CT molecular complexity index is 381. The van der Waals surface area contributed by atoms with Gasteiger partial charge in [-0.25, -0.2) is 4.98 Å². The Labute approximate surface area is 96.5 Å². The number of pyridine rings is 1. The van der Waals surface area contributed by atoms with Crippen LogP contribution in [0.4, 0.5) is 5.82 Å². The average molecular weight is 218 g/mol. The molecule has 1 aliphatic heterocycles. The topological polar surface area (TPSA) is 33.2 Å². The monoisotopic (exact) mass is 218 g/mol. The standard InChI is InChI=1S/C13H18N2O/c1-10(2)13(16)11-5-6-14-12(9-11)15-7-3-4-8-15/h5-6,9-10H,3-4,7-8H2,1-2H3. The van der Waals surface area contributed by atoms with Gasteiger partial charge < -0.3 is 4.90 Å². The summed E-state index contributed by atoms with van der Waals surface area (Å²) in [6.07, 6.45) is 4.19. The molecule has 0 N–H and O–H groups in total. The fraction of sp³-hybridized carbons (Fsp3) is 0.538. The van der Waals surface area contributed by atoms with Gasteiger partial charge in [-0.05, 0) is 25.0 Å². The molecule has 0 amide bonds. The summed E-state index contributed by atoms with van der Waals surface area (Å²) in [4.78, 5) is 18.4. The van der Waals surface area contributed by atoms with Crippen LogP contribution in [0.3, 0.4) is 0 Å². The smallest absolute Gasteiger partial charge is 0.165 e. The second-order valence-electron chi connectivity index (χ2n) is 4.62. The lowest BCUT2D eigenvalue weighted by Crippen LogP contribution is -2.19. The Balaban J connectivity index is 2.22. The van der Waals surface area contributed by atoms with Gasteiger partial charge in [0.25, 0.3) is 0 Å². The van der Waals surface area contributed by atoms with E-state index < -0.39 is 0 Å². The molecule has 3 nitrogen and oxygen atoms in total. The van der Waals surface area contributed by atoms with Crippen molar-refractivity contribution in [3.63, 3.8) is 0 Å². The molecule has 1 aromatic rings. The van der Waals surface area contributed by atoms with E-state index in [9.17, 15) is 4.79 Å². The SMILES string of the molecule is CC(C)C(=O)c1ccnc(N2CCCC2)c1. The van der Waals surface area contributed by atoms with Gasteiger partial charge in [-0.15, -0.1) is 0 Å². The van der Waals surface area contributed by atoms with Crippen LogP contribution in [0, 0.1) is 5.92 Å². The number of anilines is 1. The van der Waals surface area contributed by atoms with Crippen LogP contribution >= 0.6 is 0 Å². The predicted molar refractivity (Wildman–Crippen MR) is 64.9 cm³/mol. The van der Waals surface area contributed by atoms with Crippen LogP contribution < -0.4 is 4.90 Å². The fourth-order valence-electron chi connectivity index (χ4n) is 2.02. The lowest BCUT2D eigenvalue weighted by Gasteiger charge is -2.16. The highest BCUT2D eigenvalue weighted by atomic mass is 16.1. The second-order valence-corrected chi connectivity index (χ2v) is 4.62. The number of Topliss-reactive ketones (excluding diaryl/α,β-unsaturated/α-hetero) is 1. The van der Waals surface area contributed by atoms with Crippen molar-refractivity contribution in [1.29, 1.82) is 0 Å². The Morgan fingerprint density at radius 1 is 1.38 bits per heavy atom. The third-order valence-corrected chi connectivity index (χ3v) is 2.98. The first kappa shape index (κ1) is 11.1. The van der Waals surface area contributed by atoms with Gasteiger partial charge in [0.1, 0.15) is 5.82 Å². The molecule has 1 aromatic heterocycles.